The molecule has 2 rings (SSSR count). The summed E-state index contributed by atoms with van der Waals surface area (Å²) in [7, 11) is 0. The van der Waals surface area contributed by atoms with Gasteiger partial charge in [0.15, 0.2) is 0 Å². The zero-order valence-electron chi connectivity index (χ0n) is 10.5. The first kappa shape index (κ1) is 14.4. The number of hydrogen-bond acceptors (Lipinski definition) is 2. The smallest absolute Gasteiger partial charge is 0.119 e. The van der Waals surface area contributed by atoms with Crippen LogP contribution in [0.5, 0.6) is 5.75 Å². The van der Waals surface area contributed by atoms with Gasteiger partial charge in [0.2, 0.25) is 0 Å². The number of halogens is 2. The van der Waals surface area contributed by atoms with Crippen molar-refractivity contribution in [2.24, 2.45) is 5.41 Å². The lowest BCUT2D eigenvalue weighted by Gasteiger charge is -2.29. The van der Waals surface area contributed by atoms with Gasteiger partial charge in [-0.3, -0.25) is 0 Å². The van der Waals surface area contributed by atoms with Crippen LogP contribution in [0.15, 0.2) is 28.7 Å². The number of benzene rings is 1. The predicted molar refractivity (Wildman–Crippen MR) is 80.5 cm³/mol. The average molecular weight is 378 g/mol. The first-order valence-corrected chi connectivity index (χ1v) is 8.14. The van der Waals surface area contributed by atoms with Crippen LogP contribution in [0.1, 0.15) is 19.8 Å². The summed E-state index contributed by atoms with van der Waals surface area (Å²) in [6, 6.07) is 7.97. The molecule has 4 heteroatoms. The Balaban J connectivity index is 1.86. The minimum Gasteiger partial charge on any atom is -0.494 e. The van der Waals surface area contributed by atoms with Crippen molar-refractivity contribution in [3.8, 4) is 5.75 Å². The topological polar surface area (TPSA) is 18.5 Å². The van der Waals surface area contributed by atoms with Crippen LogP contribution in [0.2, 0.25) is 0 Å². The van der Waals surface area contributed by atoms with Gasteiger partial charge in [0.25, 0.3) is 0 Å². The monoisotopic (exact) mass is 376 g/mol. The molecular formula is C14H18Br2O2. The van der Waals surface area contributed by atoms with E-state index in [1.54, 1.807) is 0 Å². The molecule has 1 fully saturated rings. The Morgan fingerprint density at radius 2 is 2.11 bits per heavy atom. The fraction of sp³-hybridized carbons (Fsp3) is 0.571. The van der Waals surface area contributed by atoms with Gasteiger partial charge in [-0.15, -0.1) is 0 Å². The molecule has 1 aromatic rings. The van der Waals surface area contributed by atoms with E-state index >= 15 is 0 Å². The highest BCUT2D eigenvalue weighted by atomic mass is 79.9. The summed E-state index contributed by atoms with van der Waals surface area (Å²) in [6.45, 7) is 3.76. The van der Waals surface area contributed by atoms with E-state index in [0.717, 1.165) is 41.6 Å². The molecule has 100 valence electrons. The quantitative estimate of drug-likeness (QED) is 0.707. The van der Waals surface area contributed by atoms with Gasteiger partial charge in [0, 0.05) is 21.8 Å². The first-order chi connectivity index (χ1) is 8.66. The molecule has 1 aromatic carbocycles. The van der Waals surface area contributed by atoms with Crippen LogP contribution in [0.4, 0.5) is 0 Å². The van der Waals surface area contributed by atoms with Crippen molar-refractivity contribution in [1.29, 1.82) is 0 Å². The maximum Gasteiger partial charge on any atom is 0.119 e. The maximum absolute atomic E-state index is 5.80. The van der Waals surface area contributed by atoms with Gasteiger partial charge in [-0.1, -0.05) is 31.9 Å². The lowest BCUT2D eigenvalue weighted by atomic mass is 9.81. The molecule has 0 saturated carbocycles. The molecule has 2 atom stereocenters. The van der Waals surface area contributed by atoms with Crippen LogP contribution in [0.25, 0.3) is 0 Å². The second-order valence-electron chi connectivity index (χ2n) is 4.81. The van der Waals surface area contributed by atoms with Crippen LogP contribution in [0.3, 0.4) is 0 Å². The predicted octanol–water partition coefficient (Wildman–Crippen LogP) is 4.41. The van der Waals surface area contributed by atoms with Crippen molar-refractivity contribution in [3.63, 3.8) is 0 Å². The fourth-order valence-electron chi connectivity index (χ4n) is 2.29. The van der Waals surface area contributed by atoms with Gasteiger partial charge in [-0.25, -0.2) is 0 Å². The molecular weight excluding hydrogens is 360 g/mol. The average Bonchev–Trinajstić information content (AvgIpc) is 2.74. The maximum atomic E-state index is 5.80. The Morgan fingerprint density at radius 3 is 2.67 bits per heavy atom. The molecule has 1 saturated heterocycles. The van der Waals surface area contributed by atoms with Gasteiger partial charge in [0.1, 0.15) is 5.75 Å². The van der Waals surface area contributed by atoms with Crippen molar-refractivity contribution >= 4 is 31.9 Å². The summed E-state index contributed by atoms with van der Waals surface area (Å²) in [5, 5.41) is 0.977. The Hall–Kier alpha value is -0.0600. The van der Waals surface area contributed by atoms with E-state index in [9.17, 15) is 0 Å². The van der Waals surface area contributed by atoms with Gasteiger partial charge < -0.3 is 9.47 Å². The van der Waals surface area contributed by atoms with E-state index in [1.165, 1.54) is 0 Å². The summed E-state index contributed by atoms with van der Waals surface area (Å²) in [5.74, 6) is 0.925. The van der Waals surface area contributed by atoms with Gasteiger partial charge >= 0.3 is 0 Å². The van der Waals surface area contributed by atoms with E-state index in [1.807, 2.05) is 24.3 Å². The summed E-state index contributed by atoms with van der Waals surface area (Å²) in [6.07, 6.45) is 2.45. The molecule has 1 aliphatic heterocycles. The highest BCUT2D eigenvalue weighted by Gasteiger charge is 2.40. The van der Waals surface area contributed by atoms with E-state index in [0.29, 0.717) is 6.10 Å². The zero-order chi connectivity index (χ0) is 13.0. The minimum absolute atomic E-state index is 0.232. The Kier molecular flexibility index (Phi) is 5.10. The van der Waals surface area contributed by atoms with E-state index in [-0.39, 0.29) is 5.41 Å². The van der Waals surface area contributed by atoms with E-state index in [4.69, 9.17) is 9.47 Å². The Bertz CT molecular complexity index is 380. The molecule has 0 bridgehead atoms. The van der Waals surface area contributed by atoms with Crippen molar-refractivity contribution in [2.45, 2.75) is 25.9 Å². The number of hydrogen-bond donors (Lipinski definition) is 0. The summed E-state index contributed by atoms with van der Waals surface area (Å²) < 4.78 is 12.6. The van der Waals surface area contributed by atoms with E-state index < -0.39 is 0 Å². The highest BCUT2D eigenvalue weighted by Crippen LogP contribution is 2.39. The molecule has 2 unspecified atom stereocenters. The normalized spacial score (nSPS) is 27.4. The number of ether oxygens (including phenoxy) is 2. The molecule has 18 heavy (non-hydrogen) atoms. The van der Waals surface area contributed by atoms with Crippen LogP contribution in [-0.2, 0) is 4.74 Å². The van der Waals surface area contributed by atoms with Crippen LogP contribution in [-0.4, -0.2) is 24.6 Å². The molecule has 0 spiro atoms. The van der Waals surface area contributed by atoms with Crippen molar-refractivity contribution < 1.29 is 9.47 Å². The fourth-order valence-corrected chi connectivity index (χ4v) is 3.57. The summed E-state index contributed by atoms with van der Waals surface area (Å²) in [4.78, 5) is 0. The minimum atomic E-state index is 0.232. The molecule has 0 aliphatic carbocycles. The van der Waals surface area contributed by atoms with Gasteiger partial charge in [-0.2, -0.15) is 0 Å². The van der Waals surface area contributed by atoms with Crippen molar-refractivity contribution in [2.75, 3.05) is 18.5 Å². The molecule has 0 radical (unpaired) electrons. The third-order valence-electron chi connectivity index (χ3n) is 3.78. The molecule has 1 heterocycles. The molecule has 0 amide bonds. The summed E-state index contributed by atoms with van der Waals surface area (Å²) in [5.41, 5.74) is 0.232. The number of alkyl halides is 1. The Labute approximate surface area is 125 Å². The Morgan fingerprint density at radius 1 is 1.39 bits per heavy atom. The van der Waals surface area contributed by atoms with Gasteiger partial charge in [-0.05, 0) is 44.0 Å². The van der Waals surface area contributed by atoms with Gasteiger partial charge in [0.05, 0.1) is 12.7 Å². The van der Waals surface area contributed by atoms with Crippen molar-refractivity contribution in [3.05, 3.63) is 28.7 Å². The zero-order valence-corrected chi connectivity index (χ0v) is 13.7. The summed E-state index contributed by atoms with van der Waals surface area (Å²) >= 11 is 7.04. The molecule has 0 N–H and O–H groups in total. The first-order valence-electron chi connectivity index (χ1n) is 6.22. The second kappa shape index (κ2) is 6.40. The van der Waals surface area contributed by atoms with Crippen LogP contribution in [0, 0.1) is 5.41 Å². The second-order valence-corrected chi connectivity index (χ2v) is 6.29. The van der Waals surface area contributed by atoms with Crippen LogP contribution >= 0.6 is 31.9 Å². The lowest BCUT2D eigenvalue weighted by Crippen LogP contribution is -2.32. The SMILES string of the molecule is CC1OCCC1(CBr)CCOc1ccc(Br)cc1. The lowest BCUT2D eigenvalue weighted by molar-refractivity contribution is 0.0632. The highest BCUT2D eigenvalue weighted by molar-refractivity contribution is 9.10. The molecule has 2 nitrogen and oxygen atoms in total. The largest absolute Gasteiger partial charge is 0.494 e. The van der Waals surface area contributed by atoms with Crippen molar-refractivity contribution in [1.82, 2.24) is 0 Å². The third-order valence-corrected chi connectivity index (χ3v) is 5.42. The van der Waals surface area contributed by atoms with Crippen LogP contribution < -0.4 is 4.74 Å². The molecule has 0 aromatic heterocycles. The third kappa shape index (κ3) is 3.28. The number of rotatable bonds is 5. The standard InChI is InChI=1S/C14H18Br2O2/c1-11-14(10-15,6-8-17-11)7-9-18-13-4-2-12(16)3-5-13/h2-5,11H,6-10H2,1H3. The molecule has 1 aliphatic rings. The van der Waals surface area contributed by atoms with E-state index in [2.05, 4.69) is 38.8 Å².